The summed E-state index contributed by atoms with van der Waals surface area (Å²) in [6.45, 7) is 1.86. The molecule has 0 aliphatic rings. The summed E-state index contributed by atoms with van der Waals surface area (Å²) in [7, 11) is 0. The van der Waals surface area contributed by atoms with Crippen molar-refractivity contribution < 1.29 is 9.90 Å². The Morgan fingerprint density at radius 2 is 2.57 bits per heavy atom. The molecular formula is C9H8N2O2S. The minimum Gasteiger partial charge on any atom is -0.477 e. The van der Waals surface area contributed by atoms with Gasteiger partial charge >= 0.3 is 5.97 Å². The summed E-state index contributed by atoms with van der Waals surface area (Å²) in [6.07, 6.45) is 4.38. The van der Waals surface area contributed by atoms with E-state index >= 15 is 0 Å². The molecule has 0 aliphatic carbocycles. The lowest BCUT2D eigenvalue weighted by Gasteiger charge is -1.97. The van der Waals surface area contributed by atoms with Crippen LogP contribution in [0.1, 0.15) is 27.5 Å². The van der Waals surface area contributed by atoms with E-state index in [1.807, 2.05) is 13.0 Å². The number of rotatable bonds is 3. The molecule has 1 N–H and O–H groups in total. The van der Waals surface area contributed by atoms with Crippen LogP contribution < -0.4 is 0 Å². The number of carbonyl (C=O) groups is 1. The molecule has 1 aromatic rings. The number of thiazole rings is 1. The first kappa shape index (κ1) is 10.4. The van der Waals surface area contributed by atoms with Crippen LogP contribution in [-0.2, 0) is 0 Å². The SMILES string of the molecule is CC(/C=C/C#N)c1ncc(C(=O)O)s1. The summed E-state index contributed by atoms with van der Waals surface area (Å²) in [6, 6.07) is 1.88. The molecule has 1 heterocycles. The first-order valence-corrected chi connectivity index (χ1v) is 4.72. The zero-order chi connectivity index (χ0) is 10.6. The van der Waals surface area contributed by atoms with Gasteiger partial charge in [0.1, 0.15) is 4.88 Å². The molecule has 72 valence electrons. The number of hydrogen-bond donors (Lipinski definition) is 1. The Morgan fingerprint density at radius 3 is 3.07 bits per heavy atom. The molecule has 1 rings (SSSR count). The van der Waals surface area contributed by atoms with E-state index in [1.165, 1.54) is 12.3 Å². The third-order valence-corrected chi connectivity index (χ3v) is 2.77. The number of carboxylic acid groups (broad SMARTS) is 1. The Labute approximate surface area is 85.1 Å². The van der Waals surface area contributed by atoms with Gasteiger partial charge in [-0.05, 0) is 0 Å². The minimum atomic E-state index is -0.967. The molecule has 4 nitrogen and oxygen atoms in total. The van der Waals surface area contributed by atoms with E-state index in [0.717, 1.165) is 11.3 Å². The monoisotopic (exact) mass is 208 g/mol. The number of carboxylic acids is 1. The van der Waals surface area contributed by atoms with Crippen molar-refractivity contribution in [2.45, 2.75) is 12.8 Å². The van der Waals surface area contributed by atoms with Crippen LogP contribution in [0.25, 0.3) is 0 Å². The van der Waals surface area contributed by atoms with Crippen molar-refractivity contribution in [2.24, 2.45) is 0 Å². The van der Waals surface area contributed by atoms with Crippen molar-refractivity contribution in [3.8, 4) is 6.07 Å². The van der Waals surface area contributed by atoms with Gasteiger partial charge in [0.05, 0.1) is 17.3 Å². The lowest BCUT2D eigenvalue weighted by Crippen LogP contribution is -1.89. The smallest absolute Gasteiger partial charge is 0.347 e. The number of hydrogen-bond acceptors (Lipinski definition) is 4. The van der Waals surface area contributed by atoms with Gasteiger partial charge in [-0.1, -0.05) is 13.0 Å². The second-order valence-corrected chi connectivity index (χ2v) is 3.71. The number of nitriles is 1. The molecule has 0 spiro atoms. The Hall–Kier alpha value is -1.67. The molecule has 0 aromatic carbocycles. The van der Waals surface area contributed by atoms with Crippen molar-refractivity contribution in [3.05, 3.63) is 28.2 Å². The largest absolute Gasteiger partial charge is 0.477 e. The predicted molar refractivity (Wildman–Crippen MR) is 52.2 cm³/mol. The van der Waals surface area contributed by atoms with E-state index in [1.54, 1.807) is 6.08 Å². The summed E-state index contributed by atoms with van der Waals surface area (Å²) in [5, 5.41) is 17.7. The molecule has 1 unspecified atom stereocenters. The maximum absolute atomic E-state index is 10.6. The molecule has 0 amide bonds. The first-order valence-electron chi connectivity index (χ1n) is 3.90. The molecule has 5 heteroatoms. The Kier molecular flexibility index (Phi) is 3.37. The van der Waals surface area contributed by atoms with Crippen LogP contribution in [0.4, 0.5) is 0 Å². The molecule has 0 saturated heterocycles. The Morgan fingerprint density at radius 1 is 1.86 bits per heavy atom. The predicted octanol–water partition coefficient (Wildman–Crippen LogP) is 2.02. The number of aromatic carboxylic acids is 1. The fourth-order valence-corrected chi connectivity index (χ4v) is 1.65. The van der Waals surface area contributed by atoms with Crippen molar-refractivity contribution in [3.63, 3.8) is 0 Å². The van der Waals surface area contributed by atoms with E-state index in [-0.39, 0.29) is 10.8 Å². The second kappa shape index (κ2) is 4.53. The maximum Gasteiger partial charge on any atom is 0.347 e. The quantitative estimate of drug-likeness (QED) is 0.771. The molecule has 1 aromatic heterocycles. The standard InChI is InChI=1S/C9H8N2O2S/c1-6(3-2-4-10)8-11-5-7(14-8)9(12)13/h2-3,5-6H,1H3,(H,12,13)/b3-2+. The van der Waals surface area contributed by atoms with Crippen LogP contribution in [-0.4, -0.2) is 16.1 Å². The lowest BCUT2D eigenvalue weighted by atomic mass is 10.2. The molecule has 1 atom stereocenters. The van der Waals surface area contributed by atoms with Gasteiger partial charge in [-0.15, -0.1) is 11.3 Å². The summed E-state index contributed by atoms with van der Waals surface area (Å²) >= 11 is 1.13. The molecule has 0 saturated carbocycles. The van der Waals surface area contributed by atoms with Gasteiger partial charge in [0.2, 0.25) is 0 Å². The molecule has 0 aliphatic heterocycles. The number of aromatic nitrogens is 1. The normalized spacial score (nSPS) is 12.6. The molecule has 0 radical (unpaired) electrons. The van der Waals surface area contributed by atoms with E-state index in [0.29, 0.717) is 5.01 Å². The van der Waals surface area contributed by atoms with E-state index in [9.17, 15) is 4.79 Å². The van der Waals surface area contributed by atoms with Gasteiger partial charge in [-0.3, -0.25) is 0 Å². The van der Waals surface area contributed by atoms with Crippen molar-refractivity contribution in [1.82, 2.24) is 4.98 Å². The second-order valence-electron chi connectivity index (χ2n) is 2.64. The van der Waals surface area contributed by atoms with Crippen LogP contribution in [0.2, 0.25) is 0 Å². The highest BCUT2D eigenvalue weighted by Crippen LogP contribution is 2.22. The zero-order valence-corrected chi connectivity index (χ0v) is 8.28. The Bertz CT molecular complexity index is 403. The summed E-state index contributed by atoms with van der Waals surface area (Å²) in [4.78, 5) is 14.7. The lowest BCUT2D eigenvalue weighted by molar-refractivity contribution is 0.0702. The highest BCUT2D eigenvalue weighted by atomic mass is 32.1. The van der Waals surface area contributed by atoms with Crippen LogP contribution >= 0.6 is 11.3 Å². The number of allylic oxidation sites excluding steroid dienone is 2. The van der Waals surface area contributed by atoms with Crippen LogP contribution in [0.5, 0.6) is 0 Å². The van der Waals surface area contributed by atoms with Crippen LogP contribution in [0.3, 0.4) is 0 Å². The molecule has 0 fully saturated rings. The van der Waals surface area contributed by atoms with Gasteiger partial charge in [-0.2, -0.15) is 5.26 Å². The number of nitrogens with zero attached hydrogens (tertiary/aromatic N) is 2. The Balaban J connectivity index is 2.82. The summed E-state index contributed by atoms with van der Waals surface area (Å²) in [5.74, 6) is -0.988. The highest BCUT2D eigenvalue weighted by Gasteiger charge is 2.11. The molecular weight excluding hydrogens is 200 g/mol. The maximum atomic E-state index is 10.6. The fourth-order valence-electron chi connectivity index (χ4n) is 0.867. The average molecular weight is 208 g/mol. The third-order valence-electron chi connectivity index (χ3n) is 1.58. The average Bonchev–Trinajstić information content (AvgIpc) is 2.62. The van der Waals surface area contributed by atoms with E-state index in [4.69, 9.17) is 10.4 Å². The first-order chi connectivity index (χ1) is 6.65. The minimum absolute atomic E-state index is 0.0206. The van der Waals surface area contributed by atoms with Crippen molar-refractivity contribution in [2.75, 3.05) is 0 Å². The van der Waals surface area contributed by atoms with Gasteiger partial charge in [0.15, 0.2) is 0 Å². The van der Waals surface area contributed by atoms with Gasteiger partial charge in [-0.25, -0.2) is 9.78 Å². The summed E-state index contributed by atoms with van der Waals surface area (Å²) in [5.41, 5.74) is 0. The third kappa shape index (κ3) is 2.41. The molecule has 0 bridgehead atoms. The topological polar surface area (TPSA) is 74.0 Å². The van der Waals surface area contributed by atoms with E-state index in [2.05, 4.69) is 4.98 Å². The summed E-state index contributed by atoms with van der Waals surface area (Å²) < 4.78 is 0. The van der Waals surface area contributed by atoms with Crippen LogP contribution in [0, 0.1) is 11.3 Å². The fraction of sp³-hybridized carbons (Fsp3) is 0.222. The zero-order valence-electron chi connectivity index (χ0n) is 7.47. The van der Waals surface area contributed by atoms with Crippen molar-refractivity contribution >= 4 is 17.3 Å². The van der Waals surface area contributed by atoms with E-state index < -0.39 is 5.97 Å². The van der Waals surface area contributed by atoms with Gasteiger partial charge in [0, 0.05) is 12.0 Å². The van der Waals surface area contributed by atoms with Gasteiger partial charge in [0.25, 0.3) is 0 Å². The van der Waals surface area contributed by atoms with Crippen molar-refractivity contribution in [1.29, 1.82) is 5.26 Å². The van der Waals surface area contributed by atoms with Crippen LogP contribution in [0.15, 0.2) is 18.3 Å². The van der Waals surface area contributed by atoms with Gasteiger partial charge < -0.3 is 5.11 Å². The highest BCUT2D eigenvalue weighted by molar-refractivity contribution is 7.13. The molecule has 14 heavy (non-hydrogen) atoms.